The molecule has 2 aliphatic rings. The van der Waals surface area contributed by atoms with Crippen molar-refractivity contribution in [2.24, 2.45) is 5.92 Å². The number of halogens is 1. The summed E-state index contributed by atoms with van der Waals surface area (Å²) in [5, 5.41) is 9.46. The van der Waals surface area contributed by atoms with E-state index in [0.717, 1.165) is 12.8 Å². The number of benzene rings is 1. The molecule has 4 nitrogen and oxygen atoms in total. The van der Waals surface area contributed by atoms with Crippen molar-refractivity contribution in [1.29, 1.82) is 0 Å². The molecule has 1 saturated heterocycles. The average molecular weight is 339 g/mol. The Bertz CT molecular complexity index is 545. The number of aliphatic hydroxyl groups is 1. The molecule has 1 saturated carbocycles. The summed E-state index contributed by atoms with van der Waals surface area (Å²) in [6.45, 7) is 1.14. The molecule has 1 aromatic rings. The van der Waals surface area contributed by atoms with Gasteiger partial charge in [-0.2, -0.15) is 0 Å². The van der Waals surface area contributed by atoms with E-state index in [0.29, 0.717) is 37.2 Å². The molecule has 23 heavy (non-hydrogen) atoms. The molecule has 0 spiro atoms. The zero-order valence-corrected chi connectivity index (χ0v) is 13.8. The van der Waals surface area contributed by atoms with Crippen LogP contribution in [0.1, 0.15) is 32.1 Å². The first-order valence-corrected chi connectivity index (χ1v) is 9.39. The number of rotatable bonds is 3. The number of carbonyl (C=O) groups excluding carboxylic acids is 1. The number of nitrogens with zero attached hydrogens (tertiary/aromatic N) is 1. The maximum absolute atomic E-state index is 13.0. The molecule has 1 heterocycles. The molecule has 1 amide bonds. The molecule has 0 bridgehead atoms. The summed E-state index contributed by atoms with van der Waals surface area (Å²) in [5.41, 5.74) is 0. The van der Waals surface area contributed by atoms with E-state index in [2.05, 4.69) is 0 Å². The summed E-state index contributed by atoms with van der Waals surface area (Å²) < 4.78 is 25.5. The fourth-order valence-electron chi connectivity index (χ4n) is 3.45. The molecule has 2 atom stereocenters. The lowest BCUT2D eigenvalue weighted by Gasteiger charge is -2.28. The molecule has 0 radical (unpaired) electrons. The lowest BCUT2D eigenvalue weighted by atomic mass is 9.86. The third-order valence-corrected chi connectivity index (χ3v) is 6.58. The first kappa shape index (κ1) is 16.7. The van der Waals surface area contributed by atoms with Gasteiger partial charge in [0.15, 0.2) is 4.90 Å². The van der Waals surface area contributed by atoms with Crippen LogP contribution < -0.4 is 0 Å². The van der Waals surface area contributed by atoms with Gasteiger partial charge in [-0.05, 0) is 61.1 Å². The predicted octanol–water partition coefficient (Wildman–Crippen LogP) is 2.09. The van der Waals surface area contributed by atoms with Gasteiger partial charge in [0, 0.05) is 18.9 Å². The largest absolute Gasteiger partial charge is 0.611 e. The van der Waals surface area contributed by atoms with Gasteiger partial charge in [0.25, 0.3) is 0 Å². The van der Waals surface area contributed by atoms with E-state index in [1.165, 1.54) is 12.1 Å². The smallest absolute Gasteiger partial charge is 0.225 e. The lowest BCUT2D eigenvalue weighted by Crippen LogP contribution is -2.38. The maximum atomic E-state index is 13.0. The second-order valence-electron chi connectivity index (χ2n) is 6.45. The SMILES string of the molecule is O=C(C1CCC(O)CC1)N1CCC([S+]([O-])c2ccc(F)cc2)C1. The quantitative estimate of drug-likeness (QED) is 0.858. The Morgan fingerprint density at radius 3 is 2.48 bits per heavy atom. The van der Waals surface area contributed by atoms with E-state index in [-0.39, 0.29) is 29.0 Å². The zero-order chi connectivity index (χ0) is 16.4. The van der Waals surface area contributed by atoms with E-state index in [1.807, 2.05) is 4.90 Å². The van der Waals surface area contributed by atoms with Gasteiger partial charge < -0.3 is 14.6 Å². The van der Waals surface area contributed by atoms with E-state index < -0.39 is 11.2 Å². The number of hydrogen-bond donors (Lipinski definition) is 1. The van der Waals surface area contributed by atoms with Gasteiger partial charge in [-0.25, -0.2) is 4.39 Å². The van der Waals surface area contributed by atoms with Crippen LogP contribution in [0.25, 0.3) is 0 Å². The predicted molar refractivity (Wildman–Crippen MR) is 85.8 cm³/mol. The van der Waals surface area contributed by atoms with Gasteiger partial charge in [-0.1, -0.05) is 0 Å². The van der Waals surface area contributed by atoms with Gasteiger partial charge in [-0.3, -0.25) is 4.79 Å². The summed E-state index contributed by atoms with van der Waals surface area (Å²) in [6.07, 6.45) is 3.30. The number of amides is 1. The highest BCUT2D eigenvalue weighted by molar-refractivity contribution is 7.92. The molecule has 2 fully saturated rings. The number of likely N-dealkylation sites (tertiary alicyclic amines) is 1. The maximum Gasteiger partial charge on any atom is 0.225 e. The highest BCUT2D eigenvalue weighted by atomic mass is 32.2. The second-order valence-corrected chi connectivity index (χ2v) is 8.18. The fraction of sp³-hybridized carbons (Fsp3) is 0.588. The van der Waals surface area contributed by atoms with E-state index in [4.69, 9.17) is 0 Å². The molecule has 1 aliphatic carbocycles. The van der Waals surface area contributed by atoms with E-state index in [1.54, 1.807) is 12.1 Å². The normalized spacial score (nSPS) is 29.5. The highest BCUT2D eigenvalue weighted by Crippen LogP contribution is 2.29. The summed E-state index contributed by atoms with van der Waals surface area (Å²) in [5.74, 6) is -0.208. The van der Waals surface area contributed by atoms with Crippen LogP contribution >= 0.6 is 0 Å². The minimum Gasteiger partial charge on any atom is -0.611 e. The molecule has 1 N–H and O–H groups in total. The van der Waals surface area contributed by atoms with Crippen molar-refractivity contribution in [2.45, 2.75) is 48.4 Å². The van der Waals surface area contributed by atoms with Crippen LogP contribution in [-0.2, 0) is 16.0 Å². The van der Waals surface area contributed by atoms with Gasteiger partial charge in [0.1, 0.15) is 11.1 Å². The van der Waals surface area contributed by atoms with Crippen LogP contribution in [0.4, 0.5) is 4.39 Å². The van der Waals surface area contributed by atoms with E-state index in [9.17, 15) is 18.8 Å². The Labute approximate surface area is 138 Å². The zero-order valence-electron chi connectivity index (χ0n) is 13.0. The molecule has 6 heteroatoms. The minimum absolute atomic E-state index is 0.00333. The Hall–Kier alpha value is -1.11. The average Bonchev–Trinajstić information content (AvgIpc) is 3.05. The van der Waals surface area contributed by atoms with E-state index >= 15 is 0 Å². The summed E-state index contributed by atoms with van der Waals surface area (Å²) in [4.78, 5) is 15.0. The van der Waals surface area contributed by atoms with Crippen molar-refractivity contribution in [1.82, 2.24) is 4.90 Å². The van der Waals surface area contributed by atoms with Crippen LogP contribution in [0.5, 0.6) is 0 Å². The Kier molecular flexibility index (Phi) is 5.24. The van der Waals surface area contributed by atoms with Crippen LogP contribution in [0.2, 0.25) is 0 Å². The molecule has 0 aromatic heterocycles. The van der Waals surface area contributed by atoms with Gasteiger partial charge in [0.2, 0.25) is 5.91 Å². The summed E-state index contributed by atoms with van der Waals surface area (Å²) >= 11 is -1.22. The molecule has 3 rings (SSSR count). The third kappa shape index (κ3) is 3.87. The third-order valence-electron chi connectivity index (χ3n) is 4.85. The summed E-state index contributed by atoms with van der Waals surface area (Å²) in [6, 6.07) is 5.74. The Morgan fingerprint density at radius 2 is 1.83 bits per heavy atom. The lowest BCUT2D eigenvalue weighted by molar-refractivity contribution is -0.136. The standard InChI is InChI=1S/C17H22FNO3S/c18-13-3-7-15(8-4-13)23(22)16-9-10-19(11-16)17(21)12-1-5-14(20)6-2-12/h3-4,7-8,12,14,16,20H,1-2,5-6,9-11H2. The summed E-state index contributed by atoms with van der Waals surface area (Å²) in [7, 11) is 0. The minimum atomic E-state index is -1.22. The first-order chi connectivity index (χ1) is 11.0. The van der Waals surface area contributed by atoms with Crippen LogP contribution in [0, 0.1) is 11.7 Å². The van der Waals surface area contributed by atoms with Gasteiger partial charge in [0.05, 0.1) is 12.6 Å². The molecule has 1 aliphatic heterocycles. The van der Waals surface area contributed by atoms with Gasteiger partial charge >= 0.3 is 0 Å². The van der Waals surface area contributed by atoms with Crippen molar-refractivity contribution >= 4 is 17.1 Å². The Morgan fingerprint density at radius 1 is 1.17 bits per heavy atom. The number of hydrogen-bond acceptors (Lipinski definition) is 3. The van der Waals surface area contributed by atoms with Crippen molar-refractivity contribution < 1.29 is 18.8 Å². The molecule has 2 unspecified atom stereocenters. The molecule has 1 aromatic carbocycles. The molecular formula is C17H22FNO3S. The van der Waals surface area contributed by atoms with Crippen LogP contribution in [0.3, 0.4) is 0 Å². The number of carbonyl (C=O) groups is 1. The Balaban J connectivity index is 1.57. The van der Waals surface area contributed by atoms with Crippen LogP contribution in [0.15, 0.2) is 29.2 Å². The monoisotopic (exact) mass is 339 g/mol. The fourth-order valence-corrected chi connectivity index (χ4v) is 4.87. The van der Waals surface area contributed by atoms with Crippen molar-refractivity contribution in [3.05, 3.63) is 30.1 Å². The number of aliphatic hydroxyl groups excluding tert-OH is 1. The first-order valence-electron chi connectivity index (χ1n) is 8.17. The molecular weight excluding hydrogens is 317 g/mol. The van der Waals surface area contributed by atoms with Crippen molar-refractivity contribution in [3.63, 3.8) is 0 Å². The highest BCUT2D eigenvalue weighted by Gasteiger charge is 2.38. The van der Waals surface area contributed by atoms with Crippen LogP contribution in [-0.4, -0.2) is 44.9 Å². The van der Waals surface area contributed by atoms with Crippen molar-refractivity contribution in [3.8, 4) is 0 Å². The molecule has 126 valence electrons. The van der Waals surface area contributed by atoms with Gasteiger partial charge in [-0.15, -0.1) is 0 Å². The topological polar surface area (TPSA) is 63.6 Å². The second kappa shape index (κ2) is 7.20. The van der Waals surface area contributed by atoms with Crippen molar-refractivity contribution in [2.75, 3.05) is 13.1 Å².